The summed E-state index contributed by atoms with van der Waals surface area (Å²) in [5.41, 5.74) is 0. The van der Waals surface area contributed by atoms with Crippen LogP contribution in [0.15, 0.2) is 0 Å². The third-order valence-electron chi connectivity index (χ3n) is 5.40. The first-order valence-corrected chi connectivity index (χ1v) is 12.0. The van der Waals surface area contributed by atoms with Crippen LogP contribution in [0, 0.1) is 0 Å². The molecular weight excluding hydrogens is 352 g/mol. The Balaban J connectivity index is 3.44. The van der Waals surface area contributed by atoms with Crippen LogP contribution in [0.3, 0.4) is 0 Å². The van der Waals surface area contributed by atoms with Gasteiger partial charge in [-0.25, -0.2) is 0 Å². The molecule has 0 saturated carbocycles. The average molecular weight is 399 g/mol. The van der Waals surface area contributed by atoms with E-state index >= 15 is 0 Å². The van der Waals surface area contributed by atoms with Gasteiger partial charge < -0.3 is 9.84 Å². The van der Waals surface area contributed by atoms with Gasteiger partial charge in [-0.15, -0.1) is 0 Å². The van der Waals surface area contributed by atoms with E-state index in [0.29, 0.717) is 19.3 Å². The summed E-state index contributed by atoms with van der Waals surface area (Å²) in [7, 11) is 0. The minimum atomic E-state index is -0.804. The number of carboxylic acid groups (broad SMARTS) is 1. The summed E-state index contributed by atoms with van der Waals surface area (Å²) in [5, 5.41) is 8.59. The molecule has 0 radical (unpaired) electrons. The molecule has 0 aliphatic rings. The zero-order chi connectivity index (χ0) is 20.9. The van der Waals surface area contributed by atoms with Crippen molar-refractivity contribution in [3.8, 4) is 0 Å². The number of aliphatic carboxylic acids is 1. The normalized spacial score (nSPS) is 12.1. The number of esters is 1. The number of rotatable bonds is 21. The molecule has 4 nitrogen and oxygen atoms in total. The summed E-state index contributed by atoms with van der Waals surface area (Å²) in [6.45, 7) is 4.33. The number of ether oxygens (including phenoxy) is 1. The number of carbonyl (C=O) groups is 2. The molecule has 1 atom stereocenters. The van der Waals surface area contributed by atoms with E-state index in [2.05, 4.69) is 13.8 Å². The standard InChI is InChI=1S/C24H46O4/c1-3-5-6-7-8-9-10-11-12-13-14-15-16-19-22(4-2)28-24(27)21-18-17-20-23(25)26/h22H,3-21H2,1-2H3,(H,25,26). The minimum Gasteiger partial charge on any atom is -0.481 e. The van der Waals surface area contributed by atoms with Crippen LogP contribution >= 0.6 is 0 Å². The number of carbonyl (C=O) groups excluding carboxylic acids is 1. The molecule has 0 amide bonds. The Morgan fingerprint density at radius 1 is 0.679 bits per heavy atom. The molecule has 28 heavy (non-hydrogen) atoms. The van der Waals surface area contributed by atoms with Gasteiger partial charge in [0.15, 0.2) is 0 Å². The summed E-state index contributed by atoms with van der Waals surface area (Å²) in [4.78, 5) is 22.3. The van der Waals surface area contributed by atoms with Crippen molar-refractivity contribution < 1.29 is 19.4 Å². The van der Waals surface area contributed by atoms with Crippen LogP contribution in [0.2, 0.25) is 0 Å². The Morgan fingerprint density at radius 3 is 1.61 bits per heavy atom. The maximum atomic E-state index is 11.8. The minimum absolute atomic E-state index is 0.0275. The van der Waals surface area contributed by atoms with Crippen LogP contribution in [-0.2, 0) is 14.3 Å². The predicted molar refractivity (Wildman–Crippen MR) is 117 cm³/mol. The SMILES string of the molecule is CCCCCCCCCCCCCCCC(CC)OC(=O)CCCCC(=O)O. The van der Waals surface area contributed by atoms with Gasteiger partial charge in [0.1, 0.15) is 6.10 Å². The highest BCUT2D eigenvalue weighted by atomic mass is 16.5. The van der Waals surface area contributed by atoms with Crippen molar-refractivity contribution >= 4 is 11.9 Å². The Hall–Kier alpha value is -1.06. The molecule has 0 aromatic carbocycles. The fourth-order valence-corrected chi connectivity index (χ4v) is 3.53. The van der Waals surface area contributed by atoms with Gasteiger partial charge in [-0.1, -0.05) is 90.9 Å². The lowest BCUT2D eigenvalue weighted by Gasteiger charge is -2.16. The summed E-state index contributed by atoms with van der Waals surface area (Å²) in [6.07, 6.45) is 20.9. The van der Waals surface area contributed by atoms with Crippen molar-refractivity contribution in [2.24, 2.45) is 0 Å². The van der Waals surface area contributed by atoms with Gasteiger partial charge >= 0.3 is 11.9 Å². The molecule has 4 heteroatoms. The molecule has 0 aromatic heterocycles. The first-order valence-electron chi connectivity index (χ1n) is 12.0. The lowest BCUT2D eigenvalue weighted by molar-refractivity contribution is -0.150. The van der Waals surface area contributed by atoms with Gasteiger partial charge in [-0.2, -0.15) is 0 Å². The quantitative estimate of drug-likeness (QED) is 0.161. The van der Waals surface area contributed by atoms with Gasteiger partial charge in [0.2, 0.25) is 0 Å². The molecule has 0 aliphatic heterocycles. The second kappa shape index (κ2) is 20.7. The monoisotopic (exact) mass is 398 g/mol. The Kier molecular flexibility index (Phi) is 19.9. The molecule has 0 saturated heterocycles. The lowest BCUT2D eigenvalue weighted by atomic mass is 10.0. The Bertz CT molecular complexity index is 368. The molecule has 0 spiro atoms. The van der Waals surface area contributed by atoms with Gasteiger partial charge in [0, 0.05) is 12.8 Å². The van der Waals surface area contributed by atoms with Crippen LogP contribution in [0.25, 0.3) is 0 Å². The van der Waals surface area contributed by atoms with Crippen molar-refractivity contribution in [3.63, 3.8) is 0 Å². The van der Waals surface area contributed by atoms with Crippen LogP contribution in [-0.4, -0.2) is 23.1 Å². The van der Waals surface area contributed by atoms with Gasteiger partial charge in [-0.05, 0) is 32.1 Å². The lowest BCUT2D eigenvalue weighted by Crippen LogP contribution is -2.17. The molecule has 0 aromatic rings. The van der Waals surface area contributed by atoms with E-state index in [1.54, 1.807) is 0 Å². The van der Waals surface area contributed by atoms with E-state index < -0.39 is 5.97 Å². The first-order chi connectivity index (χ1) is 13.6. The molecule has 1 unspecified atom stereocenters. The number of unbranched alkanes of at least 4 members (excludes halogenated alkanes) is 13. The molecule has 0 rings (SSSR count). The zero-order valence-corrected chi connectivity index (χ0v) is 18.7. The maximum Gasteiger partial charge on any atom is 0.306 e. The van der Waals surface area contributed by atoms with E-state index in [4.69, 9.17) is 9.84 Å². The number of hydrogen-bond donors (Lipinski definition) is 1. The highest BCUT2D eigenvalue weighted by Gasteiger charge is 2.12. The topological polar surface area (TPSA) is 63.6 Å². The third-order valence-corrected chi connectivity index (χ3v) is 5.40. The van der Waals surface area contributed by atoms with Crippen molar-refractivity contribution in [2.75, 3.05) is 0 Å². The molecule has 0 bridgehead atoms. The fourth-order valence-electron chi connectivity index (χ4n) is 3.53. The first kappa shape index (κ1) is 26.9. The molecule has 166 valence electrons. The summed E-state index contributed by atoms with van der Waals surface area (Å²) in [6, 6.07) is 0. The van der Waals surface area contributed by atoms with Crippen LogP contribution in [0.1, 0.15) is 136 Å². The Morgan fingerprint density at radius 2 is 1.14 bits per heavy atom. The van der Waals surface area contributed by atoms with E-state index in [1.165, 1.54) is 77.0 Å². The van der Waals surface area contributed by atoms with E-state index in [9.17, 15) is 9.59 Å². The Labute approximate surface area is 173 Å². The van der Waals surface area contributed by atoms with Gasteiger partial charge in [-0.3, -0.25) is 9.59 Å². The zero-order valence-electron chi connectivity index (χ0n) is 18.7. The van der Waals surface area contributed by atoms with Crippen molar-refractivity contribution in [3.05, 3.63) is 0 Å². The molecular formula is C24H46O4. The number of carboxylic acids is 1. The second-order valence-corrected chi connectivity index (χ2v) is 8.15. The van der Waals surface area contributed by atoms with Crippen molar-refractivity contribution in [2.45, 2.75) is 142 Å². The molecule has 0 aliphatic carbocycles. The highest BCUT2D eigenvalue weighted by Crippen LogP contribution is 2.15. The van der Waals surface area contributed by atoms with Gasteiger partial charge in [0.05, 0.1) is 0 Å². The van der Waals surface area contributed by atoms with Gasteiger partial charge in [0.25, 0.3) is 0 Å². The summed E-state index contributed by atoms with van der Waals surface area (Å²) < 4.78 is 5.53. The van der Waals surface area contributed by atoms with Crippen LogP contribution < -0.4 is 0 Å². The number of hydrogen-bond acceptors (Lipinski definition) is 3. The largest absolute Gasteiger partial charge is 0.481 e. The van der Waals surface area contributed by atoms with Crippen LogP contribution in [0.5, 0.6) is 0 Å². The summed E-state index contributed by atoms with van der Waals surface area (Å²) >= 11 is 0. The van der Waals surface area contributed by atoms with E-state index in [1.807, 2.05) is 0 Å². The van der Waals surface area contributed by atoms with Crippen molar-refractivity contribution in [1.29, 1.82) is 0 Å². The van der Waals surface area contributed by atoms with E-state index in [0.717, 1.165) is 19.3 Å². The maximum absolute atomic E-state index is 11.8. The molecule has 0 fully saturated rings. The third kappa shape index (κ3) is 19.7. The second-order valence-electron chi connectivity index (χ2n) is 8.15. The van der Waals surface area contributed by atoms with Crippen LogP contribution in [0.4, 0.5) is 0 Å². The highest BCUT2D eigenvalue weighted by molar-refractivity contribution is 5.70. The summed E-state index contributed by atoms with van der Waals surface area (Å²) in [5.74, 6) is -0.978. The smallest absolute Gasteiger partial charge is 0.306 e. The molecule has 1 N–H and O–H groups in total. The molecule has 0 heterocycles. The van der Waals surface area contributed by atoms with Crippen molar-refractivity contribution in [1.82, 2.24) is 0 Å². The fraction of sp³-hybridized carbons (Fsp3) is 0.917. The van der Waals surface area contributed by atoms with E-state index in [-0.39, 0.29) is 18.5 Å². The predicted octanol–water partition coefficient (Wildman–Crippen LogP) is 7.43. The average Bonchev–Trinajstić information content (AvgIpc) is 2.67.